The molecule has 0 saturated heterocycles. The number of hydrogen-bond acceptors (Lipinski definition) is 4. The van der Waals surface area contributed by atoms with Gasteiger partial charge in [0.1, 0.15) is 5.69 Å². The van der Waals surface area contributed by atoms with Crippen molar-refractivity contribution in [3.8, 4) is 11.3 Å². The summed E-state index contributed by atoms with van der Waals surface area (Å²) in [7, 11) is 0. The van der Waals surface area contributed by atoms with Crippen LogP contribution in [0.1, 0.15) is 5.56 Å². The second-order valence-corrected chi connectivity index (χ2v) is 4.87. The third-order valence-corrected chi connectivity index (χ3v) is 3.58. The van der Waals surface area contributed by atoms with E-state index in [1.165, 1.54) is 0 Å². The zero-order valence-electron chi connectivity index (χ0n) is 11.1. The molecule has 0 atom stereocenters. The second-order valence-electron chi connectivity index (χ2n) is 4.87. The quantitative estimate of drug-likeness (QED) is 0.718. The summed E-state index contributed by atoms with van der Waals surface area (Å²) in [5, 5.41) is 11.2. The van der Waals surface area contributed by atoms with Crippen LogP contribution in [0.4, 0.5) is 10.5 Å². The fourth-order valence-corrected chi connectivity index (χ4v) is 2.56. The van der Waals surface area contributed by atoms with Crippen molar-refractivity contribution in [2.45, 2.75) is 6.42 Å². The van der Waals surface area contributed by atoms with Gasteiger partial charge in [-0.3, -0.25) is 15.4 Å². The number of fused-ring (bicyclic) bond motifs is 2. The second kappa shape index (κ2) is 4.59. The van der Waals surface area contributed by atoms with Crippen molar-refractivity contribution >= 4 is 22.7 Å². The van der Waals surface area contributed by atoms with Gasteiger partial charge in [-0.1, -0.05) is 0 Å². The van der Waals surface area contributed by atoms with E-state index >= 15 is 0 Å². The molecule has 0 radical (unpaired) electrons. The third kappa shape index (κ3) is 2.01. The molecule has 0 spiro atoms. The van der Waals surface area contributed by atoms with Crippen LogP contribution in [0.2, 0.25) is 0 Å². The van der Waals surface area contributed by atoms with Gasteiger partial charge in [0.15, 0.2) is 0 Å². The first-order valence-electron chi connectivity index (χ1n) is 6.66. The van der Waals surface area contributed by atoms with E-state index in [1.807, 2.05) is 18.2 Å². The number of hydrogen-bond donors (Lipinski definition) is 2. The molecule has 0 saturated carbocycles. The van der Waals surface area contributed by atoms with Crippen LogP contribution in [0, 0.1) is 0 Å². The number of benzene rings is 1. The Kier molecular flexibility index (Phi) is 2.60. The van der Waals surface area contributed by atoms with Gasteiger partial charge in [-0.05, 0) is 29.8 Å². The number of anilines is 1. The van der Waals surface area contributed by atoms with Gasteiger partial charge in [0.05, 0.1) is 12.1 Å². The topological polar surface area (TPSA) is 79.9 Å². The van der Waals surface area contributed by atoms with Crippen LogP contribution in [0.25, 0.3) is 22.2 Å². The number of aromatic nitrogens is 3. The molecule has 3 heterocycles. The third-order valence-electron chi connectivity index (χ3n) is 3.58. The Morgan fingerprint density at radius 3 is 2.90 bits per heavy atom. The van der Waals surface area contributed by atoms with Crippen molar-refractivity contribution in [3.05, 3.63) is 42.2 Å². The van der Waals surface area contributed by atoms with Crippen LogP contribution < -0.4 is 5.32 Å². The largest absolute Gasteiger partial charge is 0.449 e. The number of rotatable bonds is 1. The highest BCUT2D eigenvalue weighted by Crippen LogP contribution is 2.31. The van der Waals surface area contributed by atoms with Crippen LogP contribution in [0.15, 0.2) is 36.7 Å². The number of carbonyl (C=O) groups is 1. The van der Waals surface area contributed by atoms with Gasteiger partial charge < -0.3 is 4.74 Å². The number of nitrogens with one attached hydrogen (secondary N) is 2. The molecule has 1 aliphatic rings. The highest BCUT2D eigenvalue weighted by atomic mass is 16.5. The summed E-state index contributed by atoms with van der Waals surface area (Å²) in [6, 6.07) is 7.80. The fraction of sp³-hybridized carbons (Fsp3) is 0.133. The number of ether oxygens (including phenoxy) is 1. The first kappa shape index (κ1) is 11.9. The molecular weight excluding hydrogens is 268 g/mol. The lowest BCUT2D eigenvalue weighted by Crippen LogP contribution is -2.11. The van der Waals surface area contributed by atoms with Crippen LogP contribution in [-0.2, 0) is 11.2 Å². The standard InChI is InChI=1S/C15H12N4O2/c20-15-17-12-8-13-11(7-10(12)3-6-21-15)14(19-18-13)9-1-4-16-5-2-9/h1-2,4-5,7-8H,3,6H2,(H,17,20)(H,18,19). The number of H-pyrrole nitrogens is 1. The molecule has 0 fully saturated rings. The summed E-state index contributed by atoms with van der Waals surface area (Å²) in [5.41, 5.74) is 4.58. The number of amides is 1. The lowest BCUT2D eigenvalue weighted by atomic mass is 10.0. The predicted octanol–water partition coefficient (Wildman–Crippen LogP) is 2.73. The van der Waals surface area contributed by atoms with Gasteiger partial charge in [-0.15, -0.1) is 0 Å². The number of pyridine rings is 1. The highest BCUT2D eigenvalue weighted by molar-refractivity contribution is 5.98. The SMILES string of the molecule is O=C1Nc2cc3[nH]nc(-c4ccncc4)c3cc2CCO1. The van der Waals surface area contributed by atoms with Gasteiger partial charge >= 0.3 is 6.09 Å². The maximum absolute atomic E-state index is 11.4. The van der Waals surface area contributed by atoms with Gasteiger partial charge in [-0.2, -0.15) is 5.10 Å². The number of carbonyl (C=O) groups excluding carboxylic acids is 1. The molecule has 6 nitrogen and oxygen atoms in total. The first-order chi connectivity index (χ1) is 10.3. The Bertz CT molecular complexity index is 826. The van der Waals surface area contributed by atoms with Crippen molar-refractivity contribution in [1.29, 1.82) is 0 Å². The summed E-state index contributed by atoms with van der Waals surface area (Å²) < 4.78 is 5.02. The molecule has 21 heavy (non-hydrogen) atoms. The summed E-state index contributed by atoms with van der Waals surface area (Å²) in [5.74, 6) is 0. The smallest absolute Gasteiger partial charge is 0.411 e. The summed E-state index contributed by atoms with van der Waals surface area (Å²) in [4.78, 5) is 15.5. The number of cyclic esters (lactones) is 1. The lowest BCUT2D eigenvalue weighted by Gasteiger charge is -2.05. The van der Waals surface area contributed by atoms with Crippen LogP contribution in [0.5, 0.6) is 0 Å². The minimum atomic E-state index is -0.415. The molecule has 0 aliphatic carbocycles. The Morgan fingerprint density at radius 2 is 2.05 bits per heavy atom. The maximum atomic E-state index is 11.4. The van der Waals surface area contributed by atoms with Crippen molar-refractivity contribution in [3.63, 3.8) is 0 Å². The maximum Gasteiger partial charge on any atom is 0.411 e. The van der Waals surface area contributed by atoms with E-state index in [9.17, 15) is 4.79 Å². The lowest BCUT2D eigenvalue weighted by molar-refractivity contribution is 0.165. The van der Waals surface area contributed by atoms with Crippen LogP contribution in [0.3, 0.4) is 0 Å². The molecule has 1 aromatic carbocycles. The molecule has 1 amide bonds. The van der Waals surface area contributed by atoms with Crippen LogP contribution >= 0.6 is 0 Å². The zero-order chi connectivity index (χ0) is 14.2. The van der Waals surface area contributed by atoms with E-state index in [2.05, 4.69) is 26.6 Å². The van der Waals surface area contributed by atoms with Gasteiger partial charge in [0, 0.05) is 35.5 Å². The average molecular weight is 280 g/mol. The summed E-state index contributed by atoms with van der Waals surface area (Å²) in [6.45, 7) is 0.382. The number of nitrogens with zero attached hydrogens (tertiary/aromatic N) is 2. The molecule has 1 aliphatic heterocycles. The van der Waals surface area contributed by atoms with Crippen molar-refractivity contribution in [2.75, 3.05) is 11.9 Å². The minimum Gasteiger partial charge on any atom is -0.449 e. The van der Waals surface area contributed by atoms with Crippen LogP contribution in [-0.4, -0.2) is 27.9 Å². The van der Waals surface area contributed by atoms with E-state index < -0.39 is 6.09 Å². The van der Waals surface area contributed by atoms with E-state index in [4.69, 9.17) is 4.74 Å². The molecule has 0 unspecified atom stereocenters. The minimum absolute atomic E-state index is 0.382. The molecule has 2 N–H and O–H groups in total. The van der Waals surface area contributed by atoms with Gasteiger partial charge in [0.25, 0.3) is 0 Å². The Labute approximate surface area is 120 Å². The molecule has 4 rings (SSSR count). The molecule has 6 heteroatoms. The van der Waals surface area contributed by atoms with E-state index in [1.54, 1.807) is 12.4 Å². The Morgan fingerprint density at radius 1 is 1.19 bits per heavy atom. The van der Waals surface area contributed by atoms with Gasteiger partial charge in [-0.25, -0.2) is 4.79 Å². The molecule has 3 aromatic rings. The molecule has 0 bridgehead atoms. The highest BCUT2D eigenvalue weighted by Gasteiger charge is 2.17. The van der Waals surface area contributed by atoms with Crippen molar-refractivity contribution in [1.82, 2.24) is 15.2 Å². The monoisotopic (exact) mass is 280 g/mol. The van der Waals surface area contributed by atoms with Gasteiger partial charge in [0.2, 0.25) is 0 Å². The first-order valence-corrected chi connectivity index (χ1v) is 6.66. The Hall–Kier alpha value is -2.89. The zero-order valence-corrected chi connectivity index (χ0v) is 11.1. The normalized spacial score (nSPS) is 14.2. The Balaban J connectivity index is 1.90. The van der Waals surface area contributed by atoms with E-state index in [0.717, 1.165) is 33.4 Å². The van der Waals surface area contributed by atoms with E-state index in [0.29, 0.717) is 13.0 Å². The van der Waals surface area contributed by atoms with E-state index in [-0.39, 0.29) is 0 Å². The van der Waals surface area contributed by atoms with Crippen molar-refractivity contribution < 1.29 is 9.53 Å². The summed E-state index contributed by atoms with van der Waals surface area (Å²) in [6.07, 6.45) is 3.76. The number of aromatic amines is 1. The summed E-state index contributed by atoms with van der Waals surface area (Å²) >= 11 is 0. The molecular formula is C15H12N4O2. The predicted molar refractivity (Wildman–Crippen MR) is 78.0 cm³/mol. The average Bonchev–Trinajstić information content (AvgIpc) is 2.81. The fourth-order valence-electron chi connectivity index (χ4n) is 2.56. The van der Waals surface area contributed by atoms with Crippen molar-refractivity contribution in [2.24, 2.45) is 0 Å². The molecule has 2 aromatic heterocycles. The molecule has 104 valence electrons.